The van der Waals surface area contributed by atoms with Gasteiger partial charge in [0.1, 0.15) is 16.3 Å². The molecular formula is C21H11N3O4S. The summed E-state index contributed by atoms with van der Waals surface area (Å²) in [5.41, 5.74) is 3.28. The van der Waals surface area contributed by atoms with Crippen molar-refractivity contribution < 1.29 is 13.8 Å². The average Bonchev–Trinajstić information content (AvgIpc) is 3.50. The van der Waals surface area contributed by atoms with E-state index in [1.165, 1.54) is 17.4 Å². The first-order valence-corrected chi connectivity index (χ1v) is 9.62. The predicted molar refractivity (Wildman–Crippen MR) is 111 cm³/mol. The van der Waals surface area contributed by atoms with Gasteiger partial charge >= 0.3 is 0 Å². The smallest absolute Gasteiger partial charge is 0.271 e. The van der Waals surface area contributed by atoms with Crippen molar-refractivity contribution in [1.82, 2.24) is 9.97 Å². The molecule has 5 heterocycles. The number of hydrogen-bond acceptors (Lipinski definition) is 6. The van der Waals surface area contributed by atoms with Gasteiger partial charge in [-0.25, -0.2) is 4.98 Å². The quantitative estimate of drug-likeness (QED) is 0.275. The molecule has 5 aromatic heterocycles. The number of nitrogens with one attached hydrogen (secondary N) is 1. The van der Waals surface area contributed by atoms with Crippen LogP contribution in [-0.2, 0) is 0 Å². The first-order valence-electron chi connectivity index (χ1n) is 8.80. The summed E-state index contributed by atoms with van der Waals surface area (Å²) in [6.45, 7) is 0. The second kappa shape index (κ2) is 5.79. The largest absolute Gasteiger partial charge is 0.464 e. The van der Waals surface area contributed by atoms with Crippen LogP contribution in [0.5, 0.6) is 0 Å². The molecule has 0 aliphatic rings. The molecular weight excluding hydrogens is 390 g/mol. The number of nitro benzene ring substituents is 1. The predicted octanol–water partition coefficient (Wildman–Crippen LogP) is 6.36. The molecule has 0 saturated heterocycles. The van der Waals surface area contributed by atoms with Crippen molar-refractivity contribution in [3.63, 3.8) is 0 Å². The summed E-state index contributed by atoms with van der Waals surface area (Å²) >= 11 is 1.54. The van der Waals surface area contributed by atoms with E-state index in [1.54, 1.807) is 24.7 Å². The van der Waals surface area contributed by atoms with Crippen molar-refractivity contribution in [2.75, 3.05) is 0 Å². The van der Waals surface area contributed by atoms with Gasteiger partial charge in [0.25, 0.3) is 5.69 Å². The maximum absolute atomic E-state index is 11.1. The Bertz CT molecular complexity index is 1530. The minimum atomic E-state index is -0.391. The molecule has 6 rings (SSSR count). The molecule has 8 heteroatoms. The zero-order valence-corrected chi connectivity index (χ0v) is 15.5. The molecule has 7 nitrogen and oxygen atoms in total. The van der Waals surface area contributed by atoms with Crippen molar-refractivity contribution in [2.45, 2.75) is 0 Å². The van der Waals surface area contributed by atoms with Gasteiger partial charge in [-0.05, 0) is 36.4 Å². The topological polar surface area (TPSA) is 98.1 Å². The van der Waals surface area contributed by atoms with Gasteiger partial charge in [-0.15, -0.1) is 11.3 Å². The van der Waals surface area contributed by atoms with E-state index >= 15 is 0 Å². The molecule has 1 N–H and O–H groups in total. The lowest BCUT2D eigenvalue weighted by Gasteiger charge is -2.04. The first-order chi connectivity index (χ1) is 14.2. The number of aromatic nitrogens is 2. The van der Waals surface area contributed by atoms with Crippen LogP contribution in [0.2, 0.25) is 0 Å². The number of H-pyrrole nitrogens is 1. The minimum absolute atomic E-state index is 0.0557. The van der Waals surface area contributed by atoms with E-state index in [0.29, 0.717) is 5.76 Å². The highest BCUT2D eigenvalue weighted by Gasteiger charge is 2.21. The van der Waals surface area contributed by atoms with Crippen molar-refractivity contribution in [3.8, 4) is 22.8 Å². The molecule has 6 aromatic rings. The van der Waals surface area contributed by atoms with Gasteiger partial charge in [0.05, 0.1) is 33.2 Å². The normalized spacial score (nSPS) is 11.7. The summed E-state index contributed by atoms with van der Waals surface area (Å²) in [5.74, 6) is 1.40. The standard InChI is InChI=1S/C21H11N3O4S/c25-24(26)11-5-6-12-14(9-11)22-19-18-13(16-3-1-7-27-16)10-15(17-4-2-8-28-17)23-21(18)29-20(12)19/h1-10,22H. The zero-order valence-electron chi connectivity index (χ0n) is 14.7. The SMILES string of the molecule is O=[N+]([O-])c1ccc2c(c1)[nH]c1c2sc2nc(-c3ccco3)cc(-c3ccco3)c21. The van der Waals surface area contributed by atoms with Crippen LogP contribution < -0.4 is 0 Å². The van der Waals surface area contributed by atoms with Crippen LogP contribution in [0.4, 0.5) is 5.69 Å². The molecule has 0 spiro atoms. The van der Waals surface area contributed by atoms with E-state index in [1.807, 2.05) is 30.3 Å². The van der Waals surface area contributed by atoms with Gasteiger partial charge in [-0.2, -0.15) is 0 Å². The summed E-state index contributed by atoms with van der Waals surface area (Å²) < 4.78 is 12.2. The number of nitro groups is 1. The maximum Gasteiger partial charge on any atom is 0.271 e. The molecule has 0 saturated carbocycles. The second-order valence-corrected chi connectivity index (χ2v) is 7.61. The van der Waals surface area contributed by atoms with Gasteiger partial charge in [0, 0.05) is 28.5 Å². The lowest BCUT2D eigenvalue weighted by molar-refractivity contribution is -0.384. The summed E-state index contributed by atoms with van der Waals surface area (Å²) in [4.78, 5) is 19.7. The van der Waals surface area contributed by atoms with Gasteiger partial charge < -0.3 is 13.8 Å². The Kier molecular flexibility index (Phi) is 3.21. The van der Waals surface area contributed by atoms with Gasteiger partial charge in [-0.3, -0.25) is 10.1 Å². The van der Waals surface area contributed by atoms with Crippen molar-refractivity contribution >= 4 is 48.4 Å². The number of thiophene rings is 1. The maximum atomic E-state index is 11.1. The summed E-state index contributed by atoms with van der Waals surface area (Å²) in [5, 5.41) is 13.0. The zero-order chi connectivity index (χ0) is 19.5. The summed E-state index contributed by atoms with van der Waals surface area (Å²) in [7, 11) is 0. The number of benzene rings is 1. The number of rotatable bonds is 3. The lowest BCUT2D eigenvalue weighted by Crippen LogP contribution is -1.87. The highest BCUT2D eigenvalue weighted by molar-refractivity contribution is 7.26. The number of hydrogen-bond donors (Lipinski definition) is 1. The fourth-order valence-electron chi connectivity index (χ4n) is 3.67. The molecule has 1 aromatic carbocycles. The Morgan fingerprint density at radius 1 is 1.03 bits per heavy atom. The van der Waals surface area contributed by atoms with Crippen LogP contribution in [0.25, 0.3) is 54.1 Å². The third kappa shape index (κ3) is 2.33. The van der Waals surface area contributed by atoms with E-state index in [2.05, 4.69) is 4.98 Å². The Morgan fingerprint density at radius 3 is 2.55 bits per heavy atom. The van der Waals surface area contributed by atoms with E-state index in [0.717, 1.165) is 48.4 Å². The number of furan rings is 2. The average molecular weight is 401 g/mol. The highest BCUT2D eigenvalue weighted by atomic mass is 32.1. The minimum Gasteiger partial charge on any atom is -0.464 e. The second-order valence-electron chi connectivity index (χ2n) is 6.61. The molecule has 0 amide bonds. The molecule has 29 heavy (non-hydrogen) atoms. The monoisotopic (exact) mass is 401 g/mol. The molecule has 0 atom stereocenters. The number of pyridine rings is 1. The van der Waals surface area contributed by atoms with E-state index in [-0.39, 0.29) is 5.69 Å². The molecule has 140 valence electrons. The van der Waals surface area contributed by atoms with E-state index in [4.69, 9.17) is 13.8 Å². The molecule has 0 bridgehead atoms. The highest BCUT2D eigenvalue weighted by Crippen LogP contribution is 2.44. The van der Waals surface area contributed by atoms with Gasteiger partial charge in [0.15, 0.2) is 5.76 Å². The van der Waals surface area contributed by atoms with E-state index in [9.17, 15) is 10.1 Å². The number of fused-ring (bicyclic) bond motifs is 5. The number of nitrogens with zero attached hydrogens (tertiary/aromatic N) is 2. The number of non-ortho nitro benzene ring substituents is 1. The van der Waals surface area contributed by atoms with E-state index < -0.39 is 4.92 Å². The molecule has 0 fully saturated rings. The molecule has 0 aliphatic heterocycles. The third-order valence-electron chi connectivity index (χ3n) is 4.94. The van der Waals surface area contributed by atoms with Crippen molar-refractivity contribution in [1.29, 1.82) is 0 Å². The fraction of sp³-hybridized carbons (Fsp3) is 0. The Labute approximate surface area is 166 Å². The summed E-state index contributed by atoms with van der Waals surface area (Å²) in [6, 6.07) is 14.2. The van der Waals surface area contributed by atoms with Crippen LogP contribution in [0, 0.1) is 10.1 Å². The van der Waals surface area contributed by atoms with Crippen LogP contribution in [0.3, 0.4) is 0 Å². The van der Waals surface area contributed by atoms with Gasteiger partial charge in [0.2, 0.25) is 0 Å². The molecule has 0 unspecified atom stereocenters. The van der Waals surface area contributed by atoms with Crippen LogP contribution >= 0.6 is 11.3 Å². The summed E-state index contributed by atoms with van der Waals surface area (Å²) in [6.07, 6.45) is 3.25. The third-order valence-corrected chi connectivity index (χ3v) is 6.06. The fourth-order valence-corrected chi connectivity index (χ4v) is 4.86. The Balaban J connectivity index is 1.72. The Hall–Kier alpha value is -3.91. The Morgan fingerprint density at radius 2 is 1.83 bits per heavy atom. The van der Waals surface area contributed by atoms with Crippen LogP contribution in [-0.4, -0.2) is 14.9 Å². The first kappa shape index (κ1) is 16.1. The lowest BCUT2D eigenvalue weighted by atomic mass is 10.1. The van der Waals surface area contributed by atoms with Crippen LogP contribution in [0.1, 0.15) is 0 Å². The van der Waals surface area contributed by atoms with Crippen LogP contribution in [0.15, 0.2) is 69.9 Å². The molecule has 0 radical (unpaired) electrons. The van der Waals surface area contributed by atoms with Crippen molar-refractivity contribution in [3.05, 3.63) is 71.2 Å². The molecule has 0 aliphatic carbocycles. The number of aromatic amines is 1. The van der Waals surface area contributed by atoms with Crippen molar-refractivity contribution in [2.24, 2.45) is 0 Å². The van der Waals surface area contributed by atoms with Gasteiger partial charge in [-0.1, -0.05) is 0 Å².